The second kappa shape index (κ2) is 10.5. The van der Waals surface area contributed by atoms with E-state index < -0.39 is 0 Å². The number of aromatic nitrogens is 2. The maximum atomic E-state index is 13.1. The van der Waals surface area contributed by atoms with Crippen molar-refractivity contribution in [3.05, 3.63) is 89.2 Å². The van der Waals surface area contributed by atoms with Crippen molar-refractivity contribution in [1.29, 1.82) is 0 Å². The number of benzene rings is 3. The van der Waals surface area contributed by atoms with E-state index in [-0.39, 0.29) is 11.8 Å². The van der Waals surface area contributed by atoms with E-state index in [0.29, 0.717) is 0 Å². The zero-order chi connectivity index (χ0) is 25.1. The summed E-state index contributed by atoms with van der Waals surface area (Å²) in [5.74, 6) is 1.97. The van der Waals surface area contributed by atoms with Gasteiger partial charge in [-0.3, -0.25) is 9.69 Å². The van der Waals surface area contributed by atoms with Crippen molar-refractivity contribution < 1.29 is 9.53 Å². The van der Waals surface area contributed by atoms with Crippen LogP contribution in [0.1, 0.15) is 35.4 Å². The molecule has 3 aromatic carbocycles. The van der Waals surface area contributed by atoms with E-state index in [0.717, 1.165) is 72.9 Å². The van der Waals surface area contributed by atoms with Gasteiger partial charge in [-0.1, -0.05) is 42.0 Å². The monoisotopic (exact) mass is 482 g/mol. The molecule has 0 saturated carbocycles. The number of ether oxygens (including phenoxy) is 1. The van der Waals surface area contributed by atoms with Gasteiger partial charge in [-0.15, -0.1) is 0 Å². The fourth-order valence-electron chi connectivity index (χ4n) is 5.14. The molecular formula is C30H34N4O2. The minimum absolute atomic E-state index is 0.0288. The third kappa shape index (κ3) is 5.29. The Hall–Kier alpha value is -3.64. The summed E-state index contributed by atoms with van der Waals surface area (Å²) in [7, 11) is 1.69. The Morgan fingerprint density at radius 3 is 2.64 bits per heavy atom. The second-order valence-electron chi connectivity index (χ2n) is 9.83. The van der Waals surface area contributed by atoms with E-state index in [9.17, 15) is 4.79 Å². The predicted molar refractivity (Wildman–Crippen MR) is 144 cm³/mol. The van der Waals surface area contributed by atoms with Gasteiger partial charge in [0.25, 0.3) is 0 Å². The molecule has 1 aliphatic rings. The van der Waals surface area contributed by atoms with Crippen molar-refractivity contribution in [2.24, 2.45) is 5.92 Å². The molecule has 1 aliphatic heterocycles. The van der Waals surface area contributed by atoms with Crippen LogP contribution in [-0.2, 0) is 17.9 Å². The Kier molecular flexibility index (Phi) is 7.05. The number of aryl methyl sites for hydroxylation is 2. The molecule has 36 heavy (non-hydrogen) atoms. The topological polar surface area (TPSA) is 59.4 Å². The lowest BCUT2D eigenvalue weighted by Crippen LogP contribution is -2.40. The first kappa shape index (κ1) is 24.1. The molecule has 1 atom stereocenters. The minimum atomic E-state index is -0.0288. The molecule has 186 valence electrons. The lowest BCUT2D eigenvalue weighted by Gasteiger charge is -2.32. The van der Waals surface area contributed by atoms with Crippen LogP contribution < -0.4 is 10.1 Å². The number of carbonyl (C=O) groups excluding carboxylic acids is 1. The van der Waals surface area contributed by atoms with Gasteiger partial charge in [-0.05, 0) is 74.7 Å². The highest BCUT2D eigenvalue weighted by Crippen LogP contribution is 2.25. The fraction of sp³-hybridized carbons (Fsp3) is 0.333. The first-order valence-electron chi connectivity index (χ1n) is 12.7. The molecule has 6 nitrogen and oxygen atoms in total. The molecule has 1 aromatic heterocycles. The van der Waals surface area contributed by atoms with Crippen molar-refractivity contribution in [2.45, 2.75) is 39.8 Å². The Balaban J connectivity index is 1.32. The Labute approximate surface area is 212 Å². The van der Waals surface area contributed by atoms with E-state index in [1.807, 2.05) is 37.3 Å². The van der Waals surface area contributed by atoms with Gasteiger partial charge in [-0.2, -0.15) is 0 Å². The number of hydrogen-bond acceptors (Lipinski definition) is 4. The first-order valence-corrected chi connectivity index (χ1v) is 12.7. The summed E-state index contributed by atoms with van der Waals surface area (Å²) in [5, 5.41) is 3.17. The number of carbonyl (C=O) groups is 1. The third-order valence-corrected chi connectivity index (χ3v) is 7.11. The van der Waals surface area contributed by atoms with Gasteiger partial charge in [0, 0.05) is 18.8 Å². The largest absolute Gasteiger partial charge is 0.497 e. The Morgan fingerprint density at radius 1 is 1.06 bits per heavy atom. The number of anilines is 1. The number of para-hydroxylation sites is 2. The summed E-state index contributed by atoms with van der Waals surface area (Å²) in [6.07, 6.45) is 1.92. The Morgan fingerprint density at radius 2 is 1.86 bits per heavy atom. The number of piperidine rings is 1. The number of rotatable bonds is 7. The van der Waals surface area contributed by atoms with Crippen molar-refractivity contribution in [3.63, 3.8) is 0 Å². The molecule has 6 heteroatoms. The smallest absolute Gasteiger partial charge is 0.228 e. The van der Waals surface area contributed by atoms with Crippen molar-refractivity contribution in [1.82, 2.24) is 14.5 Å². The van der Waals surface area contributed by atoms with Gasteiger partial charge in [0.1, 0.15) is 11.6 Å². The number of amides is 1. The molecule has 1 fully saturated rings. The van der Waals surface area contributed by atoms with Crippen LogP contribution >= 0.6 is 0 Å². The maximum absolute atomic E-state index is 13.1. The van der Waals surface area contributed by atoms with E-state index in [1.54, 1.807) is 7.11 Å². The third-order valence-electron chi connectivity index (χ3n) is 7.11. The van der Waals surface area contributed by atoms with Gasteiger partial charge in [-0.25, -0.2) is 4.98 Å². The van der Waals surface area contributed by atoms with E-state index in [2.05, 4.69) is 58.1 Å². The van der Waals surface area contributed by atoms with Gasteiger partial charge in [0.2, 0.25) is 5.91 Å². The predicted octanol–water partition coefficient (Wildman–Crippen LogP) is 5.56. The number of nitrogens with zero attached hydrogens (tertiary/aromatic N) is 3. The molecule has 0 spiro atoms. The maximum Gasteiger partial charge on any atom is 0.228 e. The van der Waals surface area contributed by atoms with E-state index in [4.69, 9.17) is 9.72 Å². The molecule has 5 rings (SSSR count). The molecule has 2 heterocycles. The quantitative estimate of drug-likeness (QED) is 0.375. The lowest BCUT2D eigenvalue weighted by molar-refractivity contribution is -0.121. The first-order chi connectivity index (χ1) is 17.5. The van der Waals surface area contributed by atoms with Crippen molar-refractivity contribution in [3.8, 4) is 5.75 Å². The average molecular weight is 483 g/mol. The minimum Gasteiger partial charge on any atom is -0.497 e. The summed E-state index contributed by atoms with van der Waals surface area (Å²) in [5.41, 5.74) is 6.54. The molecule has 1 N–H and O–H groups in total. The average Bonchev–Trinajstić information content (AvgIpc) is 3.23. The summed E-state index contributed by atoms with van der Waals surface area (Å²) < 4.78 is 7.62. The SMILES string of the molecule is COc1ccc(Cn2c(CN3CCC[C@@H](C(=O)Nc4ccc(C)cc4C)C3)nc3ccccc32)cc1. The molecule has 0 bridgehead atoms. The number of imidazole rings is 1. The van der Waals surface area contributed by atoms with Crippen LogP contribution in [0.3, 0.4) is 0 Å². The molecule has 4 aromatic rings. The van der Waals surface area contributed by atoms with Gasteiger partial charge < -0.3 is 14.6 Å². The number of hydrogen-bond donors (Lipinski definition) is 1. The van der Waals surface area contributed by atoms with Crippen LogP contribution in [0, 0.1) is 19.8 Å². The number of fused-ring (bicyclic) bond motifs is 1. The van der Waals surface area contributed by atoms with E-state index in [1.165, 1.54) is 11.1 Å². The fourth-order valence-corrected chi connectivity index (χ4v) is 5.14. The van der Waals surface area contributed by atoms with E-state index >= 15 is 0 Å². The molecular weight excluding hydrogens is 448 g/mol. The number of methoxy groups -OCH3 is 1. The summed E-state index contributed by atoms with van der Waals surface area (Å²) in [4.78, 5) is 20.5. The highest BCUT2D eigenvalue weighted by atomic mass is 16.5. The van der Waals surface area contributed by atoms with Crippen molar-refractivity contribution in [2.75, 3.05) is 25.5 Å². The highest BCUT2D eigenvalue weighted by Gasteiger charge is 2.27. The summed E-state index contributed by atoms with van der Waals surface area (Å²) >= 11 is 0. The molecule has 0 unspecified atom stereocenters. The molecule has 1 amide bonds. The number of likely N-dealkylation sites (tertiary alicyclic amines) is 1. The standard InChI is InChI=1S/C30H34N4O2/c1-21-10-15-26(22(2)17-21)32-30(35)24-7-6-16-33(19-24)20-29-31-27-8-4-5-9-28(27)34(29)18-23-11-13-25(36-3)14-12-23/h4-5,8-15,17,24H,6-7,16,18-20H2,1-3H3,(H,32,35)/t24-/m1/s1. The zero-order valence-electron chi connectivity index (χ0n) is 21.3. The van der Waals surface area contributed by atoms with Crippen LogP contribution in [0.25, 0.3) is 11.0 Å². The zero-order valence-corrected chi connectivity index (χ0v) is 21.3. The molecule has 1 saturated heterocycles. The highest BCUT2D eigenvalue weighted by molar-refractivity contribution is 5.93. The Bertz CT molecular complexity index is 1360. The van der Waals surface area contributed by atoms with Crippen LogP contribution in [-0.4, -0.2) is 40.6 Å². The molecule has 0 radical (unpaired) electrons. The van der Waals surface area contributed by atoms with Gasteiger partial charge in [0.15, 0.2) is 0 Å². The molecule has 0 aliphatic carbocycles. The van der Waals surface area contributed by atoms with Crippen LogP contribution in [0.5, 0.6) is 5.75 Å². The van der Waals surface area contributed by atoms with Gasteiger partial charge >= 0.3 is 0 Å². The summed E-state index contributed by atoms with van der Waals surface area (Å²) in [6.45, 7) is 7.28. The van der Waals surface area contributed by atoms with Crippen LogP contribution in [0.4, 0.5) is 5.69 Å². The van der Waals surface area contributed by atoms with Crippen LogP contribution in [0.15, 0.2) is 66.7 Å². The second-order valence-corrected chi connectivity index (χ2v) is 9.83. The summed E-state index contributed by atoms with van der Waals surface area (Å²) in [6, 6.07) is 22.7. The van der Waals surface area contributed by atoms with Gasteiger partial charge in [0.05, 0.1) is 30.6 Å². The van der Waals surface area contributed by atoms with Crippen molar-refractivity contribution >= 4 is 22.6 Å². The van der Waals surface area contributed by atoms with Crippen LogP contribution in [0.2, 0.25) is 0 Å². The normalized spacial score (nSPS) is 16.2. The number of nitrogens with one attached hydrogen (secondary N) is 1. The lowest BCUT2D eigenvalue weighted by atomic mass is 9.96.